The fraction of sp³-hybridized carbons (Fsp3) is 0.333. The lowest BCUT2D eigenvalue weighted by molar-refractivity contribution is -0.281. The number of hydrogen-bond donors (Lipinski definition) is 1. The lowest BCUT2D eigenvalue weighted by Crippen LogP contribution is -2.38. The van der Waals surface area contributed by atoms with Crippen molar-refractivity contribution >= 4 is 5.69 Å². The molecular formula is C18H19F5N2O. The molecule has 0 aromatic heterocycles. The highest BCUT2D eigenvalue weighted by atomic mass is 18.5. The summed E-state index contributed by atoms with van der Waals surface area (Å²) in [4.78, 5) is 1.91. The van der Waals surface area contributed by atoms with Gasteiger partial charge in [0, 0.05) is 18.5 Å². The highest BCUT2D eigenvalue weighted by Gasteiger charge is 2.57. The highest BCUT2D eigenvalue weighted by molar-refractivity contribution is 5.56. The van der Waals surface area contributed by atoms with Gasteiger partial charge in [-0.3, -0.25) is 0 Å². The molecule has 26 heavy (non-hydrogen) atoms. The van der Waals surface area contributed by atoms with Gasteiger partial charge < -0.3 is 15.4 Å². The van der Waals surface area contributed by atoms with Crippen molar-refractivity contribution in [3.05, 3.63) is 53.6 Å². The Morgan fingerprint density at radius 2 is 1.62 bits per heavy atom. The van der Waals surface area contributed by atoms with Crippen LogP contribution in [0.25, 0.3) is 0 Å². The van der Waals surface area contributed by atoms with Gasteiger partial charge in [0.1, 0.15) is 5.75 Å². The molecule has 0 saturated carbocycles. The fourth-order valence-corrected chi connectivity index (χ4v) is 2.33. The van der Waals surface area contributed by atoms with E-state index in [1.54, 1.807) is 12.1 Å². The molecule has 0 aliphatic rings. The Morgan fingerprint density at radius 3 is 2.23 bits per heavy atom. The molecule has 0 fully saturated rings. The van der Waals surface area contributed by atoms with Crippen molar-refractivity contribution in [1.29, 1.82) is 0 Å². The van der Waals surface area contributed by atoms with Gasteiger partial charge in [0.25, 0.3) is 0 Å². The van der Waals surface area contributed by atoms with E-state index in [0.717, 1.165) is 17.7 Å². The minimum absolute atomic E-state index is 0.0340. The van der Waals surface area contributed by atoms with Gasteiger partial charge >= 0.3 is 12.1 Å². The van der Waals surface area contributed by atoms with Gasteiger partial charge in [0.2, 0.25) is 0 Å². The highest BCUT2D eigenvalue weighted by Crippen LogP contribution is 2.39. The number of benzene rings is 2. The molecule has 0 unspecified atom stereocenters. The van der Waals surface area contributed by atoms with Gasteiger partial charge in [0.15, 0.2) is 5.75 Å². The zero-order valence-corrected chi connectivity index (χ0v) is 14.3. The molecule has 0 bridgehead atoms. The normalized spacial score (nSPS) is 12.5. The summed E-state index contributed by atoms with van der Waals surface area (Å²) < 4.78 is 69.5. The van der Waals surface area contributed by atoms with Crippen LogP contribution in [0.5, 0.6) is 11.5 Å². The predicted molar refractivity (Wildman–Crippen MR) is 89.5 cm³/mol. The van der Waals surface area contributed by atoms with E-state index in [-0.39, 0.29) is 17.0 Å². The average Bonchev–Trinajstić information content (AvgIpc) is 2.50. The van der Waals surface area contributed by atoms with Gasteiger partial charge in [-0.1, -0.05) is 24.3 Å². The number of halogens is 5. The van der Waals surface area contributed by atoms with E-state index < -0.39 is 18.5 Å². The van der Waals surface area contributed by atoms with E-state index in [0.29, 0.717) is 12.3 Å². The van der Waals surface area contributed by atoms with Crippen molar-refractivity contribution < 1.29 is 26.7 Å². The van der Waals surface area contributed by atoms with Crippen LogP contribution in [0.15, 0.2) is 42.5 Å². The molecule has 0 heterocycles. The summed E-state index contributed by atoms with van der Waals surface area (Å²) in [6, 6.07) is 10.5. The number of hydrogen-bond acceptors (Lipinski definition) is 3. The summed E-state index contributed by atoms with van der Waals surface area (Å²) in [5.41, 5.74) is 6.54. The Labute approximate surface area is 148 Å². The topological polar surface area (TPSA) is 38.5 Å². The Hall–Kier alpha value is -2.35. The molecule has 0 saturated heterocycles. The first-order valence-electron chi connectivity index (χ1n) is 7.73. The van der Waals surface area contributed by atoms with Crippen LogP contribution in [0, 0.1) is 0 Å². The second kappa shape index (κ2) is 7.49. The third kappa shape index (κ3) is 4.85. The van der Waals surface area contributed by atoms with Crippen molar-refractivity contribution in [3.8, 4) is 11.5 Å². The number of anilines is 1. The average molecular weight is 369 g/mol. The quantitative estimate of drug-likeness (QED) is 0.584. The summed E-state index contributed by atoms with van der Waals surface area (Å²) in [5.74, 6) is -4.34. The Bertz CT molecular complexity index is 759. The molecule has 0 amide bonds. The molecule has 2 aromatic rings. The Balaban J connectivity index is 2.29. The molecule has 2 N–H and O–H groups in total. The molecule has 142 valence electrons. The molecule has 2 rings (SSSR count). The van der Waals surface area contributed by atoms with E-state index in [9.17, 15) is 22.0 Å². The van der Waals surface area contributed by atoms with Gasteiger partial charge in [-0.15, -0.1) is 0 Å². The number of para-hydroxylation sites is 1. The lowest BCUT2D eigenvalue weighted by atomic mass is 10.0. The van der Waals surface area contributed by atoms with Crippen LogP contribution in [0.1, 0.15) is 11.1 Å². The van der Waals surface area contributed by atoms with Crippen molar-refractivity contribution in [2.24, 2.45) is 0 Å². The second-order valence-electron chi connectivity index (χ2n) is 6.20. The molecule has 8 heteroatoms. The molecular weight excluding hydrogens is 350 g/mol. The molecule has 0 atom stereocenters. The first kappa shape index (κ1) is 20.0. The van der Waals surface area contributed by atoms with E-state index in [2.05, 4.69) is 0 Å². The van der Waals surface area contributed by atoms with Crippen LogP contribution >= 0.6 is 0 Å². The van der Waals surface area contributed by atoms with Crippen LogP contribution in [0.3, 0.4) is 0 Å². The Kier molecular flexibility index (Phi) is 5.75. The summed E-state index contributed by atoms with van der Waals surface area (Å²) in [5, 5.41) is 0. The number of rotatable bonds is 6. The number of nitrogen functional groups attached to an aromatic ring is 1. The fourth-order valence-electron chi connectivity index (χ4n) is 2.33. The smallest absolute Gasteiger partial charge is 0.453 e. The van der Waals surface area contributed by atoms with Gasteiger partial charge in [-0.25, -0.2) is 0 Å². The third-order valence-corrected chi connectivity index (χ3v) is 3.60. The monoisotopic (exact) mass is 369 g/mol. The van der Waals surface area contributed by atoms with Crippen molar-refractivity contribution in [1.82, 2.24) is 4.90 Å². The lowest BCUT2D eigenvalue weighted by Gasteiger charge is -2.20. The van der Waals surface area contributed by atoms with Gasteiger partial charge in [0.05, 0.1) is 5.69 Å². The van der Waals surface area contributed by atoms with E-state index in [1.807, 2.05) is 31.1 Å². The van der Waals surface area contributed by atoms with Crippen LogP contribution in [0.4, 0.5) is 27.6 Å². The standard InChI is InChI=1S/C18H19F5N2O/c1-25(2)11-13-5-3-4-6-15(13)26-16-9-12(7-8-14(16)24)10-17(19,20)18(21,22)23/h3-9H,10-11,24H2,1-2H3/i19-1,20-1,21-1,22-1,23-1. The third-order valence-electron chi connectivity index (χ3n) is 3.60. The largest absolute Gasteiger partial charge is 0.455 e. The van der Waals surface area contributed by atoms with Crippen LogP contribution in [0.2, 0.25) is 0 Å². The van der Waals surface area contributed by atoms with E-state index >= 15 is 0 Å². The molecule has 0 aliphatic heterocycles. The summed E-state index contributed by atoms with van der Waals surface area (Å²) in [7, 11) is 3.73. The zero-order chi connectivity index (χ0) is 19.5. The summed E-state index contributed by atoms with van der Waals surface area (Å²) >= 11 is 0. The van der Waals surface area contributed by atoms with Crippen molar-refractivity contribution in [2.45, 2.75) is 25.1 Å². The van der Waals surface area contributed by atoms with Crippen molar-refractivity contribution in [3.63, 3.8) is 0 Å². The molecule has 0 spiro atoms. The maximum absolute atomic E-state index is 13.3. The number of nitrogens with two attached hydrogens (primary N) is 1. The Morgan fingerprint density at radius 1 is 0.962 bits per heavy atom. The van der Waals surface area contributed by atoms with Crippen LogP contribution in [-0.2, 0) is 13.0 Å². The number of alkyl halides is 5. The minimum atomic E-state index is -5.62. The number of nitrogens with zero attached hydrogens (tertiary/aromatic N) is 1. The first-order valence-corrected chi connectivity index (χ1v) is 7.73. The molecule has 2 aromatic carbocycles. The summed E-state index contributed by atoms with van der Waals surface area (Å²) in [6.45, 7) is 0.557. The minimum Gasteiger partial charge on any atom is -0.455 e. The summed E-state index contributed by atoms with van der Waals surface area (Å²) in [6.07, 6.45) is -7.10. The first-order chi connectivity index (χ1) is 12.0. The van der Waals surface area contributed by atoms with Crippen LogP contribution < -0.4 is 10.5 Å². The van der Waals surface area contributed by atoms with Gasteiger partial charge in [-0.05, 0) is 37.9 Å². The zero-order valence-electron chi connectivity index (χ0n) is 14.3. The maximum atomic E-state index is 13.3. The molecule has 0 radical (unpaired) electrons. The second-order valence-corrected chi connectivity index (χ2v) is 6.20. The van der Waals surface area contributed by atoms with E-state index in [1.165, 1.54) is 6.07 Å². The number of ether oxygens (including phenoxy) is 1. The van der Waals surface area contributed by atoms with E-state index in [4.69, 9.17) is 10.5 Å². The van der Waals surface area contributed by atoms with Crippen molar-refractivity contribution in [2.75, 3.05) is 19.8 Å². The molecule has 0 aliphatic carbocycles. The SMILES string of the molecule is CN(C)Cc1ccccc1Oc1cc(CC([18F])([18F])C([18F])([18F])[18F])ccc1N. The van der Waals surface area contributed by atoms with Gasteiger partial charge in [-0.2, -0.15) is 22.0 Å². The molecule has 3 nitrogen and oxygen atoms in total. The maximum Gasteiger partial charge on any atom is 0.453 e. The van der Waals surface area contributed by atoms with Crippen LogP contribution in [-0.4, -0.2) is 31.1 Å². The predicted octanol–water partition coefficient (Wildman–Crippen LogP) is 4.86.